The molecule has 3 aromatic rings. The van der Waals surface area contributed by atoms with E-state index in [1.54, 1.807) is 43.3 Å². The number of aromatic nitrogens is 1. The van der Waals surface area contributed by atoms with Crippen LogP contribution in [0.5, 0.6) is 0 Å². The van der Waals surface area contributed by atoms with Crippen LogP contribution in [0.15, 0.2) is 69.2 Å². The topological polar surface area (TPSA) is 83.6 Å². The van der Waals surface area contributed by atoms with E-state index in [4.69, 9.17) is 4.52 Å². The Morgan fingerprint density at radius 1 is 1.10 bits per heavy atom. The molecule has 1 aliphatic heterocycles. The molecule has 1 N–H and O–H groups in total. The first-order valence-corrected chi connectivity index (χ1v) is 9.73. The summed E-state index contributed by atoms with van der Waals surface area (Å²) in [5, 5.41) is 14.9. The normalized spacial score (nSPS) is 18.4. The van der Waals surface area contributed by atoms with Crippen molar-refractivity contribution in [2.75, 3.05) is 4.90 Å². The van der Waals surface area contributed by atoms with Gasteiger partial charge in [-0.1, -0.05) is 63.0 Å². The van der Waals surface area contributed by atoms with Crippen LogP contribution >= 0.6 is 15.9 Å². The monoisotopic (exact) mass is 452 g/mol. The van der Waals surface area contributed by atoms with Crippen LogP contribution in [-0.4, -0.2) is 22.0 Å². The molecular weight excluding hydrogens is 436 g/mol. The highest BCUT2D eigenvalue weighted by atomic mass is 79.9. The van der Waals surface area contributed by atoms with Gasteiger partial charge in [-0.3, -0.25) is 14.5 Å². The van der Waals surface area contributed by atoms with Gasteiger partial charge in [0.1, 0.15) is 11.5 Å². The lowest BCUT2D eigenvalue weighted by Gasteiger charge is -2.23. The van der Waals surface area contributed by atoms with Crippen LogP contribution in [0.25, 0.3) is 5.76 Å². The van der Waals surface area contributed by atoms with Crippen molar-refractivity contribution in [3.05, 3.63) is 87.1 Å². The summed E-state index contributed by atoms with van der Waals surface area (Å²) in [6, 6.07) is 15.1. The average molecular weight is 453 g/mol. The highest BCUT2D eigenvalue weighted by Crippen LogP contribution is 2.42. The molecule has 2 heterocycles. The molecule has 0 spiro atoms. The summed E-state index contributed by atoms with van der Waals surface area (Å²) >= 11 is 3.43. The van der Waals surface area contributed by atoms with Crippen LogP contribution in [0, 0.1) is 13.8 Å². The summed E-state index contributed by atoms with van der Waals surface area (Å²) < 4.78 is 5.90. The average Bonchev–Trinajstić information content (AvgIpc) is 3.23. The van der Waals surface area contributed by atoms with Crippen LogP contribution in [0.1, 0.15) is 28.5 Å². The van der Waals surface area contributed by atoms with Crippen molar-refractivity contribution < 1.29 is 19.2 Å². The molecule has 29 heavy (non-hydrogen) atoms. The second-order valence-electron chi connectivity index (χ2n) is 6.89. The first-order chi connectivity index (χ1) is 13.9. The van der Waals surface area contributed by atoms with Gasteiger partial charge in [0.15, 0.2) is 5.82 Å². The van der Waals surface area contributed by atoms with E-state index in [-0.39, 0.29) is 17.2 Å². The van der Waals surface area contributed by atoms with Gasteiger partial charge >= 0.3 is 5.91 Å². The number of rotatable bonds is 3. The Morgan fingerprint density at radius 3 is 2.45 bits per heavy atom. The van der Waals surface area contributed by atoms with E-state index < -0.39 is 17.7 Å². The number of benzene rings is 2. The molecule has 1 amide bonds. The fraction of sp³-hybridized carbons (Fsp3) is 0.136. The Morgan fingerprint density at radius 2 is 1.83 bits per heavy atom. The molecule has 1 fully saturated rings. The van der Waals surface area contributed by atoms with Crippen molar-refractivity contribution >= 4 is 39.2 Å². The standard InChI is InChI=1S/C22H17BrN2O4/c1-12-6-8-14(9-7-12)20(26)18-19(15-4-3-5-16(23)11-15)25(22(28)21(18)27)17-10-13(2)29-24-17/h3-11,19,26H,1-2H3/t19-/m0/s1. The van der Waals surface area contributed by atoms with E-state index in [0.717, 1.165) is 10.0 Å². The number of aliphatic hydroxyl groups is 1. The molecule has 0 saturated carbocycles. The summed E-state index contributed by atoms with van der Waals surface area (Å²) in [4.78, 5) is 27.2. The number of halogens is 1. The highest BCUT2D eigenvalue weighted by Gasteiger charge is 2.48. The predicted octanol–water partition coefficient (Wildman–Crippen LogP) is 4.68. The molecule has 2 aromatic carbocycles. The zero-order valence-corrected chi connectivity index (χ0v) is 17.3. The summed E-state index contributed by atoms with van der Waals surface area (Å²) in [5.74, 6) is -1.03. The Balaban J connectivity index is 1.95. The number of aryl methyl sites for hydroxylation is 2. The summed E-state index contributed by atoms with van der Waals surface area (Å²) in [7, 11) is 0. The van der Waals surface area contributed by atoms with Crippen molar-refractivity contribution in [3.63, 3.8) is 0 Å². The number of ketones is 1. The van der Waals surface area contributed by atoms with Gasteiger partial charge in [0.05, 0.1) is 11.6 Å². The zero-order chi connectivity index (χ0) is 20.7. The minimum Gasteiger partial charge on any atom is -0.507 e. The van der Waals surface area contributed by atoms with E-state index in [9.17, 15) is 14.7 Å². The Labute approximate surface area is 175 Å². The number of Topliss-reactive ketones (excluding diaryl/α,β-unsaturated/α-hetero) is 1. The van der Waals surface area contributed by atoms with Gasteiger partial charge < -0.3 is 9.63 Å². The van der Waals surface area contributed by atoms with Crippen LogP contribution in [0.2, 0.25) is 0 Å². The van der Waals surface area contributed by atoms with Gasteiger partial charge in [0.2, 0.25) is 0 Å². The molecule has 0 unspecified atom stereocenters. The lowest BCUT2D eigenvalue weighted by molar-refractivity contribution is -0.132. The molecule has 6 nitrogen and oxygen atoms in total. The number of carbonyl (C=O) groups excluding carboxylic acids is 2. The van der Waals surface area contributed by atoms with Gasteiger partial charge in [-0.2, -0.15) is 0 Å². The third-order valence-corrected chi connectivity index (χ3v) is 5.29. The minimum absolute atomic E-state index is 0.0117. The second-order valence-corrected chi connectivity index (χ2v) is 7.80. The Kier molecular flexibility index (Phi) is 4.84. The van der Waals surface area contributed by atoms with Gasteiger partial charge in [0, 0.05) is 16.1 Å². The van der Waals surface area contributed by atoms with Crippen molar-refractivity contribution in [1.29, 1.82) is 0 Å². The SMILES string of the molecule is Cc1ccc(C(O)=C2C(=O)C(=O)N(c3cc(C)on3)[C@H]2c2cccc(Br)c2)cc1. The van der Waals surface area contributed by atoms with Gasteiger partial charge in [-0.25, -0.2) is 0 Å². The fourth-order valence-electron chi connectivity index (χ4n) is 3.39. The first-order valence-electron chi connectivity index (χ1n) is 8.93. The largest absolute Gasteiger partial charge is 0.507 e. The maximum atomic E-state index is 13.0. The molecule has 0 radical (unpaired) electrons. The zero-order valence-electron chi connectivity index (χ0n) is 15.7. The Hall–Kier alpha value is -3.19. The smallest absolute Gasteiger partial charge is 0.301 e. The van der Waals surface area contributed by atoms with Crippen molar-refractivity contribution in [3.8, 4) is 0 Å². The second kappa shape index (κ2) is 7.33. The van der Waals surface area contributed by atoms with Crippen LogP contribution < -0.4 is 4.90 Å². The lowest BCUT2D eigenvalue weighted by atomic mass is 9.95. The molecule has 1 aliphatic rings. The minimum atomic E-state index is -0.835. The molecule has 1 saturated heterocycles. The van der Waals surface area contributed by atoms with Crippen molar-refractivity contribution in [2.45, 2.75) is 19.9 Å². The van der Waals surface area contributed by atoms with Gasteiger partial charge in [-0.05, 0) is 31.5 Å². The number of amides is 1. The third-order valence-electron chi connectivity index (χ3n) is 4.80. The fourth-order valence-corrected chi connectivity index (χ4v) is 3.81. The predicted molar refractivity (Wildman–Crippen MR) is 111 cm³/mol. The molecule has 7 heteroatoms. The van der Waals surface area contributed by atoms with E-state index in [0.29, 0.717) is 16.9 Å². The van der Waals surface area contributed by atoms with Crippen molar-refractivity contribution in [2.24, 2.45) is 0 Å². The van der Waals surface area contributed by atoms with Crippen LogP contribution in [-0.2, 0) is 9.59 Å². The Bertz CT molecular complexity index is 1150. The molecular formula is C22H17BrN2O4. The number of hydrogen-bond donors (Lipinski definition) is 1. The number of hydrogen-bond acceptors (Lipinski definition) is 5. The number of aliphatic hydroxyl groups excluding tert-OH is 1. The summed E-state index contributed by atoms with van der Waals surface area (Å²) in [6.07, 6.45) is 0. The summed E-state index contributed by atoms with van der Waals surface area (Å²) in [5.41, 5.74) is 2.15. The van der Waals surface area contributed by atoms with E-state index in [1.807, 2.05) is 25.1 Å². The maximum absolute atomic E-state index is 13.0. The van der Waals surface area contributed by atoms with E-state index >= 15 is 0 Å². The van der Waals surface area contributed by atoms with Crippen LogP contribution in [0.3, 0.4) is 0 Å². The highest BCUT2D eigenvalue weighted by molar-refractivity contribution is 9.10. The van der Waals surface area contributed by atoms with Gasteiger partial charge in [0.25, 0.3) is 5.78 Å². The number of anilines is 1. The molecule has 0 aliphatic carbocycles. The number of carbonyl (C=O) groups is 2. The van der Waals surface area contributed by atoms with Gasteiger partial charge in [-0.15, -0.1) is 0 Å². The maximum Gasteiger partial charge on any atom is 0.301 e. The summed E-state index contributed by atoms with van der Waals surface area (Å²) in [6.45, 7) is 3.63. The van der Waals surface area contributed by atoms with Crippen LogP contribution in [0.4, 0.5) is 5.82 Å². The van der Waals surface area contributed by atoms with E-state index in [2.05, 4.69) is 21.1 Å². The molecule has 146 valence electrons. The quantitative estimate of drug-likeness (QED) is 0.354. The molecule has 4 rings (SSSR count). The van der Waals surface area contributed by atoms with Crippen molar-refractivity contribution in [1.82, 2.24) is 5.16 Å². The first kappa shape index (κ1) is 19.1. The molecule has 1 aromatic heterocycles. The molecule has 1 atom stereocenters. The number of nitrogens with zero attached hydrogens (tertiary/aromatic N) is 2. The third kappa shape index (κ3) is 3.38. The van der Waals surface area contributed by atoms with E-state index in [1.165, 1.54) is 4.90 Å². The lowest BCUT2D eigenvalue weighted by Crippen LogP contribution is -2.29. The molecule has 0 bridgehead atoms.